The van der Waals surface area contributed by atoms with E-state index in [1.165, 1.54) is 4.88 Å². The summed E-state index contributed by atoms with van der Waals surface area (Å²) in [6.07, 6.45) is 2.17. The summed E-state index contributed by atoms with van der Waals surface area (Å²) in [5, 5.41) is 4.87. The summed E-state index contributed by atoms with van der Waals surface area (Å²) in [5.74, 6) is -0.666. The highest BCUT2D eigenvalue weighted by molar-refractivity contribution is 7.10. The fourth-order valence-electron chi connectivity index (χ4n) is 3.00. The van der Waals surface area contributed by atoms with Crippen LogP contribution < -0.4 is 11.1 Å². The molecule has 3 rings (SSSR count). The van der Waals surface area contributed by atoms with Gasteiger partial charge >= 0.3 is 0 Å². The van der Waals surface area contributed by atoms with E-state index >= 15 is 0 Å². The number of amides is 2. The van der Waals surface area contributed by atoms with Crippen molar-refractivity contribution in [2.45, 2.75) is 18.9 Å². The number of likely N-dealkylation sites (tertiary alicyclic amines) is 1. The van der Waals surface area contributed by atoms with Crippen molar-refractivity contribution in [2.75, 3.05) is 18.4 Å². The number of hydrogen-bond acceptors (Lipinski definition) is 4. The molecule has 120 valence electrons. The van der Waals surface area contributed by atoms with Gasteiger partial charge in [-0.15, -0.1) is 11.3 Å². The van der Waals surface area contributed by atoms with E-state index in [0.717, 1.165) is 19.4 Å². The number of thiophene rings is 1. The number of hydrogen-bond donors (Lipinski definition) is 2. The molecule has 1 atom stereocenters. The SMILES string of the molecule is NC(=O)c1ccccc1NC(=O)CN1CCCC1c1cccs1. The maximum Gasteiger partial charge on any atom is 0.250 e. The van der Waals surface area contributed by atoms with E-state index in [2.05, 4.69) is 21.7 Å². The lowest BCUT2D eigenvalue weighted by atomic mass is 10.1. The van der Waals surface area contributed by atoms with Crippen LogP contribution in [0.4, 0.5) is 5.69 Å². The molecule has 0 spiro atoms. The van der Waals surface area contributed by atoms with Crippen molar-refractivity contribution in [1.82, 2.24) is 4.90 Å². The number of nitrogens with one attached hydrogen (secondary N) is 1. The highest BCUT2D eigenvalue weighted by atomic mass is 32.1. The van der Waals surface area contributed by atoms with Gasteiger partial charge in [-0.25, -0.2) is 0 Å². The molecule has 1 fully saturated rings. The number of primary amides is 1. The average Bonchev–Trinajstić information content (AvgIpc) is 3.18. The van der Waals surface area contributed by atoms with Crippen molar-refractivity contribution in [3.63, 3.8) is 0 Å². The quantitative estimate of drug-likeness (QED) is 0.885. The zero-order valence-electron chi connectivity index (χ0n) is 12.7. The lowest BCUT2D eigenvalue weighted by Gasteiger charge is -2.23. The zero-order chi connectivity index (χ0) is 16.2. The fourth-order valence-corrected chi connectivity index (χ4v) is 3.90. The van der Waals surface area contributed by atoms with Gasteiger partial charge in [-0.1, -0.05) is 18.2 Å². The summed E-state index contributed by atoms with van der Waals surface area (Å²) in [6.45, 7) is 1.23. The van der Waals surface area contributed by atoms with Crippen LogP contribution >= 0.6 is 11.3 Å². The number of rotatable bonds is 5. The Labute approximate surface area is 139 Å². The van der Waals surface area contributed by atoms with Gasteiger partial charge in [0.1, 0.15) is 0 Å². The molecule has 0 aliphatic carbocycles. The molecule has 1 saturated heterocycles. The number of anilines is 1. The Morgan fingerprint density at radius 3 is 2.83 bits per heavy atom. The van der Waals surface area contributed by atoms with Gasteiger partial charge in [-0.3, -0.25) is 14.5 Å². The molecule has 3 N–H and O–H groups in total. The Balaban J connectivity index is 1.67. The molecule has 1 aliphatic rings. The molecular formula is C17H19N3O2S. The minimum atomic E-state index is -0.543. The lowest BCUT2D eigenvalue weighted by molar-refractivity contribution is -0.117. The van der Waals surface area contributed by atoms with Crippen LogP contribution in [0.25, 0.3) is 0 Å². The van der Waals surface area contributed by atoms with Crippen LogP contribution in [-0.2, 0) is 4.79 Å². The minimum absolute atomic E-state index is 0.123. The number of nitrogens with two attached hydrogens (primary N) is 1. The van der Waals surface area contributed by atoms with Crippen LogP contribution in [0.2, 0.25) is 0 Å². The Kier molecular flexibility index (Phi) is 4.73. The van der Waals surface area contributed by atoms with E-state index in [4.69, 9.17) is 5.73 Å². The molecule has 1 aliphatic heterocycles. The predicted molar refractivity (Wildman–Crippen MR) is 91.5 cm³/mol. The van der Waals surface area contributed by atoms with Gasteiger partial charge in [-0.05, 0) is 43.0 Å². The molecule has 1 aromatic heterocycles. The van der Waals surface area contributed by atoms with Gasteiger partial charge in [0.2, 0.25) is 5.91 Å². The number of para-hydroxylation sites is 1. The van der Waals surface area contributed by atoms with Crippen molar-refractivity contribution in [1.29, 1.82) is 0 Å². The van der Waals surface area contributed by atoms with E-state index in [1.807, 2.05) is 6.07 Å². The molecule has 2 heterocycles. The van der Waals surface area contributed by atoms with Gasteiger partial charge in [0.15, 0.2) is 0 Å². The van der Waals surface area contributed by atoms with Crippen molar-refractivity contribution in [2.24, 2.45) is 5.73 Å². The second-order valence-corrected chi connectivity index (χ2v) is 6.58. The second-order valence-electron chi connectivity index (χ2n) is 5.60. The van der Waals surface area contributed by atoms with Crippen LogP contribution in [-0.4, -0.2) is 29.8 Å². The molecule has 1 unspecified atom stereocenters. The Hall–Kier alpha value is -2.18. The molecule has 0 saturated carbocycles. The Bertz CT molecular complexity index is 700. The topological polar surface area (TPSA) is 75.4 Å². The first-order valence-electron chi connectivity index (χ1n) is 7.61. The zero-order valence-corrected chi connectivity index (χ0v) is 13.5. The molecule has 0 radical (unpaired) electrons. The lowest BCUT2D eigenvalue weighted by Crippen LogP contribution is -2.33. The fraction of sp³-hybridized carbons (Fsp3) is 0.294. The summed E-state index contributed by atoms with van der Waals surface area (Å²) in [7, 11) is 0. The van der Waals surface area contributed by atoms with Crippen molar-refractivity contribution >= 4 is 28.8 Å². The summed E-state index contributed by atoms with van der Waals surface area (Å²) in [4.78, 5) is 27.3. The molecule has 6 heteroatoms. The third-order valence-electron chi connectivity index (χ3n) is 4.05. The van der Waals surface area contributed by atoms with Gasteiger partial charge in [-0.2, -0.15) is 0 Å². The molecule has 1 aromatic carbocycles. The van der Waals surface area contributed by atoms with Gasteiger partial charge in [0.05, 0.1) is 17.8 Å². The van der Waals surface area contributed by atoms with Gasteiger partial charge < -0.3 is 11.1 Å². The van der Waals surface area contributed by atoms with Gasteiger partial charge in [0.25, 0.3) is 5.91 Å². The third kappa shape index (κ3) is 3.60. The molecule has 5 nitrogen and oxygen atoms in total. The molecule has 2 amide bonds. The molecule has 0 bridgehead atoms. The molecule has 2 aromatic rings. The number of benzene rings is 1. The Morgan fingerprint density at radius 1 is 1.26 bits per heavy atom. The molecule has 23 heavy (non-hydrogen) atoms. The van der Waals surface area contributed by atoms with Crippen molar-refractivity contribution in [3.05, 3.63) is 52.2 Å². The predicted octanol–water partition coefficient (Wildman–Crippen LogP) is 2.62. The van der Waals surface area contributed by atoms with Crippen LogP contribution in [0.1, 0.15) is 34.1 Å². The first-order chi connectivity index (χ1) is 11.1. The highest BCUT2D eigenvalue weighted by Crippen LogP contribution is 2.34. The van der Waals surface area contributed by atoms with Crippen molar-refractivity contribution in [3.8, 4) is 0 Å². The first kappa shape index (κ1) is 15.7. The number of carbonyl (C=O) groups is 2. The monoisotopic (exact) mass is 329 g/mol. The van der Waals surface area contributed by atoms with Crippen LogP contribution in [0.3, 0.4) is 0 Å². The van der Waals surface area contributed by atoms with Gasteiger partial charge in [0, 0.05) is 10.9 Å². The third-order valence-corrected chi connectivity index (χ3v) is 5.02. The van der Waals surface area contributed by atoms with E-state index in [1.54, 1.807) is 35.6 Å². The van der Waals surface area contributed by atoms with Crippen LogP contribution in [0.5, 0.6) is 0 Å². The van der Waals surface area contributed by atoms with E-state index in [-0.39, 0.29) is 5.91 Å². The van der Waals surface area contributed by atoms with Crippen molar-refractivity contribution < 1.29 is 9.59 Å². The van der Waals surface area contributed by atoms with E-state index in [0.29, 0.717) is 23.8 Å². The smallest absolute Gasteiger partial charge is 0.250 e. The highest BCUT2D eigenvalue weighted by Gasteiger charge is 2.28. The summed E-state index contributed by atoms with van der Waals surface area (Å²) < 4.78 is 0. The summed E-state index contributed by atoms with van der Waals surface area (Å²) >= 11 is 1.73. The summed E-state index contributed by atoms with van der Waals surface area (Å²) in [5.41, 5.74) is 6.14. The van der Waals surface area contributed by atoms with E-state index < -0.39 is 5.91 Å². The Morgan fingerprint density at radius 2 is 2.09 bits per heavy atom. The van der Waals surface area contributed by atoms with Crippen LogP contribution in [0.15, 0.2) is 41.8 Å². The van der Waals surface area contributed by atoms with Crippen LogP contribution in [0, 0.1) is 0 Å². The maximum atomic E-state index is 12.4. The van der Waals surface area contributed by atoms with E-state index in [9.17, 15) is 9.59 Å². The first-order valence-corrected chi connectivity index (χ1v) is 8.49. The average molecular weight is 329 g/mol. The minimum Gasteiger partial charge on any atom is -0.366 e. The molecular weight excluding hydrogens is 310 g/mol. The summed E-state index contributed by atoms with van der Waals surface area (Å²) in [6, 6.07) is 11.3. The second kappa shape index (κ2) is 6.93. The largest absolute Gasteiger partial charge is 0.366 e. The number of carbonyl (C=O) groups excluding carboxylic acids is 2. The standard InChI is InChI=1S/C17H19N3O2S/c18-17(22)12-5-1-2-6-13(12)19-16(21)11-20-9-3-7-14(20)15-8-4-10-23-15/h1-2,4-6,8,10,14H,3,7,9,11H2,(H2,18,22)(H,19,21). The normalized spacial score (nSPS) is 18.0. The maximum absolute atomic E-state index is 12.4. The number of nitrogens with zero attached hydrogens (tertiary/aromatic N) is 1.